The van der Waals surface area contributed by atoms with Crippen molar-refractivity contribution in [2.45, 2.75) is 51.0 Å². The standard InChI is InChI=1S/C19H36N4O/c1-21-11-13-23(14-12-21)10-4-9-22(2)19(24)20-18-6-3-5-17(15-18)16-7-8-16/h16-18H,3-15H2,1-2H3,(H,20,24)/t17-,18+/m0/s1. The van der Waals surface area contributed by atoms with Crippen molar-refractivity contribution in [2.75, 3.05) is 53.4 Å². The van der Waals surface area contributed by atoms with E-state index < -0.39 is 0 Å². The van der Waals surface area contributed by atoms with Crippen LogP contribution in [-0.4, -0.2) is 80.1 Å². The molecule has 3 rings (SSSR count). The van der Waals surface area contributed by atoms with Crippen molar-refractivity contribution < 1.29 is 4.79 Å². The Hall–Kier alpha value is -0.810. The molecule has 5 nitrogen and oxygen atoms in total. The minimum absolute atomic E-state index is 0.134. The maximum absolute atomic E-state index is 12.4. The van der Waals surface area contributed by atoms with Gasteiger partial charge in [-0.3, -0.25) is 0 Å². The van der Waals surface area contributed by atoms with E-state index in [9.17, 15) is 4.79 Å². The highest BCUT2D eigenvalue weighted by atomic mass is 16.2. The molecule has 1 N–H and O–H groups in total. The Labute approximate surface area is 147 Å². The summed E-state index contributed by atoms with van der Waals surface area (Å²) >= 11 is 0. The van der Waals surface area contributed by atoms with Gasteiger partial charge in [-0.15, -0.1) is 0 Å². The van der Waals surface area contributed by atoms with Gasteiger partial charge in [0, 0.05) is 45.8 Å². The van der Waals surface area contributed by atoms with Crippen molar-refractivity contribution in [1.82, 2.24) is 20.0 Å². The molecule has 0 spiro atoms. The molecule has 1 aliphatic heterocycles. The van der Waals surface area contributed by atoms with Gasteiger partial charge in [-0.2, -0.15) is 0 Å². The number of carbonyl (C=O) groups is 1. The van der Waals surface area contributed by atoms with Crippen LogP contribution >= 0.6 is 0 Å². The van der Waals surface area contributed by atoms with E-state index in [1.165, 1.54) is 51.6 Å². The summed E-state index contributed by atoms with van der Waals surface area (Å²) in [6.45, 7) is 6.63. The lowest BCUT2D eigenvalue weighted by atomic mass is 9.83. The molecule has 3 aliphatic rings. The van der Waals surface area contributed by atoms with Gasteiger partial charge >= 0.3 is 6.03 Å². The fourth-order valence-electron chi connectivity index (χ4n) is 4.34. The van der Waals surface area contributed by atoms with Crippen LogP contribution in [0.2, 0.25) is 0 Å². The fraction of sp³-hybridized carbons (Fsp3) is 0.947. The van der Waals surface area contributed by atoms with Gasteiger partial charge < -0.3 is 20.0 Å². The van der Waals surface area contributed by atoms with Crippen LogP contribution in [0.15, 0.2) is 0 Å². The second-order valence-electron chi connectivity index (χ2n) is 8.33. The molecule has 2 atom stereocenters. The molecule has 0 aromatic rings. The molecule has 1 saturated heterocycles. The lowest BCUT2D eigenvalue weighted by Gasteiger charge is -2.33. The zero-order chi connectivity index (χ0) is 16.9. The zero-order valence-electron chi connectivity index (χ0n) is 15.7. The summed E-state index contributed by atoms with van der Waals surface area (Å²) in [5.41, 5.74) is 0. The Morgan fingerprint density at radius 3 is 2.54 bits per heavy atom. The molecule has 2 aliphatic carbocycles. The smallest absolute Gasteiger partial charge is 0.317 e. The molecule has 0 bridgehead atoms. The normalized spacial score (nSPS) is 29.4. The molecular weight excluding hydrogens is 300 g/mol. The maximum atomic E-state index is 12.4. The van der Waals surface area contributed by atoms with Gasteiger partial charge in [0.1, 0.15) is 0 Å². The molecule has 2 amide bonds. The number of amides is 2. The Bertz CT molecular complexity index is 404. The third kappa shape index (κ3) is 5.35. The number of urea groups is 1. The number of carbonyl (C=O) groups excluding carboxylic acids is 1. The van der Waals surface area contributed by atoms with Gasteiger partial charge in [-0.25, -0.2) is 4.79 Å². The molecule has 1 heterocycles. The number of likely N-dealkylation sites (N-methyl/N-ethyl adjacent to an activating group) is 1. The van der Waals surface area contributed by atoms with Crippen molar-refractivity contribution in [3.8, 4) is 0 Å². The highest BCUT2D eigenvalue weighted by molar-refractivity contribution is 5.74. The summed E-state index contributed by atoms with van der Waals surface area (Å²) in [6, 6.07) is 0.548. The molecule has 0 aromatic heterocycles. The van der Waals surface area contributed by atoms with E-state index in [2.05, 4.69) is 22.2 Å². The van der Waals surface area contributed by atoms with Crippen LogP contribution in [0.3, 0.4) is 0 Å². The summed E-state index contributed by atoms with van der Waals surface area (Å²) in [6.07, 6.45) is 8.99. The molecule has 5 heteroatoms. The molecule has 138 valence electrons. The number of hydrogen-bond donors (Lipinski definition) is 1. The Balaban J connectivity index is 1.31. The van der Waals surface area contributed by atoms with Crippen LogP contribution in [0.25, 0.3) is 0 Å². The SMILES string of the molecule is CN1CCN(CCCN(C)C(=O)N[C@@H]2CCC[C@H](C3CC3)C2)CC1. The largest absolute Gasteiger partial charge is 0.335 e. The number of nitrogens with zero attached hydrogens (tertiary/aromatic N) is 3. The number of rotatable bonds is 6. The highest BCUT2D eigenvalue weighted by Gasteiger charge is 2.35. The quantitative estimate of drug-likeness (QED) is 0.808. The first kappa shape index (κ1) is 18.0. The Morgan fingerprint density at radius 2 is 1.83 bits per heavy atom. The lowest BCUT2D eigenvalue weighted by Crippen LogP contribution is -2.47. The van der Waals surface area contributed by atoms with Crippen molar-refractivity contribution >= 4 is 6.03 Å². The van der Waals surface area contributed by atoms with Crippen LogP contribution in [0.5, 0.6) is 0 Å². The van der Waals surface area contributed by atoms with Gasteiger partial charge in [0.15, 0.2) is 0 Å². The van der Waals surface area contributed by atoms with Crippen molar-refractivity contribution in [1.29, 1.82) is 0 Å². The van der Waals surface area contributed by atoms with Gasteiger partial charge in [0.25, 0.3) is 0 Å². The predicted octanol–water partition coefficient (Wildman–Crippen LogP) is 2.23. The second-order valence-corrected chi connectivity index (χ2v) is 8.33. The van der Waals surface area contributed by atoms with E-state index in [1.54, 1.807) is 0 Å². The second kappa shape index (κ2) is 8.52. The molecule has 0 aromatic carbocycles. The third-order valence-corrected chi connectivity index (χ3v) is 6.24. The molecule has 0 unspecified atom stereocenters. The minimum Gasteiger partial charge on any atom is -0.335 e. The van der Waals surface area contributed by atoms with Gasteiger partial charge in [-0.05, 0) is 57.5 Å². The average Bonchev–Trinajstić information content (AvgIpc) is 3.42. The number of piperazine rings is 1. The minimum atomic E-state index is 0.134. The van der Waals surface area contributed by atoms with Crippen molar-refractivity contribution in [3.63, 3.8) is 0 Å². The highest BCUT2D eigenvalue weighted by Crippen LogP contribution is 2.43. The monoisotopic (exact) mass is 336 g/mol. The first-order chi connectivity index (χ1) is 11.6. The topological polar surface area (TPSA) is 38.8 Å². The third-order valence-electron chi connectivity index (χ3n) is 6.24. The van der Waals surface area contributed by atoms with E-state index in [-0.39, 0.29) is 6.03 Å². The van der Waals surface area contributed by atoms with Crippen LogP contribution in [0.4, 0.5) is 4.79 Å². The van der Waals surface area contributed by atoms with Gasteiger partial charge in [0.05, 0.1) is 0 Å². The summed E-state index contributed by atoms with van der Waals surface area (Å²) < 4.78 is 0. The van der Waals surface area contributed by atoms with E-state index >= 15 is 0 Å². The van der Waals surface area contributed by atoms with Gasteiger partial charge in [-0.1, -0.05) is 12.8 Å². The van der Waals surface area contributed by atoms with Crippen LogP contribution in [0, 0.1) is 11.8 Å². The molecule has 3 fully saturated rings. The summed E-state index contributed by atoms with van der Waals surface area (Å²) in [4.78, 5) is 19.2. The lowest BCUT2D eigenvalue weighted by molar-refractivity contribution is 0.147. The fourth-order valence-corrected chi connectivity index (χ4v) is 4.34. The zero-order valence-corrected chi connectivity index (χ0v) is 15.7. The summed E-state index contributed by atoms with van der Waals surface area (Å²) in [5, 5.41) is 3.29. The Kier molecular flexibility index (Phi) is 6.39. The van der Waals surface area contributed by atoms with Crippen LogP contribution in [-0.2, 0) is 0 Å². The van der Waals surface area contributed by atoms with E-state index in [0.29, 0.717) is 6.04 Å². The Morgan fingerprint density at radius 1 is 1.08 bits per heavy atom. The number of hydrogen-bond acceptors (Lipinski definition) is 3. The summed E-state index contributed by atoms with van der Waals surface area (Å²) in [5.74, 6) is 1.86. The predicted molar refractivity (Wildman–Crippen MR) is 98.2 cm³/mol. The van der Waals surface area contributed by atoms with Crippen molar-refractivity contribution in [2.24, 2.45) is 11.8 Å². The number of nitrogens with one attached hydrogen (secondary N) is 1. The molecular formula is C19H36N4O. The first-order valence-corrected chi connectivity index (χ1v) is 10.0. The van der Waals surface area contributed by atoms with Crippen LogP contribution < -0.4 is 5.32 Å². The van der Waals surface area contributed by atoms with Crippen LogP contribution in [0.1, 0.15) is 44.9 Å². The maximum Gasteiger partial charge on any atom is 0.317 e. The van der Waals surface area contributed by atoms with E-state index in [1.807, 2.05) is 11.9 Å². The van der Waals surface area contributed by atoms with E-state index in [0.717, 1.165) is 44.4 Å². The summed E-state index contributed by atoms with van der Waals surface area (Å²) in [7, 11) is 4.13. The van der Waals surface area contributed by atoms with Gasteiger partial charge in [0.2, 0.25) is 0 Å². The molecule has 2 saturated carbocycles. The molecule has 24 heavy (non-hydrogen) atoms. The first-order valence-electron chi connectivity index (χ1n) is 10.0. The average molecular weight is 337 g/mol. The van der Waals surface area contributed by atoms with E-state index in [4.69, 9.17) is 0 Å². The van der Waals surface area contributed by atoms with Crippen molar-refractivity contribution in [3.05, 3.63) is 0 Å². The molecule has 0 radical (unpaired) electrons.